The Bertz CT molecular complexity index is 1000. The van der Waals surface area contributed by atoms with Gasteiger partial charge in [-0.25, -0.2) is 9.59 Å². The van der Waals surface area contributed by atoms with Crippen LogP contribution in [0.25, 0.3) is 0 Å². The number of carbonyl (C=O) groups excluding carboxylic acids is 2. The summed E-state index contributed by atoms with van der Waals surface area (Å²) in [6.45, 7) is 3.46. The first-order valence-corrected chi connectivity index (χ1v) is 11.3. The number of Topliss-reactive ketones (excluding diaryl/α,β-unsaturated/α-hetero) is 1. The highest BCUT2D eigenvalue weighted by Crippen LogP contribution is 2.34. The van der Waals surface area contributed by atoms with Gasteiger partial charge in [-0.3, -0.25) is 10.1 Å². The summed E-state index contributed by atoms with van der Waals surface area (Å²) < 4.78 is 17.3. The van der Waals surface area contributed by atoms with Crippen molar-refractivity contribution in [3.8, 4) is 5.75 Å². The molecule has 0 bridgehead atoms. The molecule has 0 heterocycles. The molecule has 35 heavy (non-hydrogen) atoms. The van der Waals surface area contributed by atoms with Crippen LogP contribution < -0.4 is 10.1 Å². The highest BCUT2D eigenvalue weighted by molar-refractivity contribution is 5.95. The van der Waals surface area contributed by atoms with E-state index < -0.39 is 24.3 Å². The Balaban J connectivity index is 2.30. The first-order valence-electron chi connectivity index (χ1n) is 11.3. The van der Waals surface area contributed by atoms with E-state index in [0.717, 1.165) is 6.08 Å². The minimum Gasteiger partial charge on any atom is -0.491 e. The molecule has 2 aromatic carbocycles. The lowest BCUT2D eigenvalue weighted by Gasteiger charge is -2.28. The maximum absolute atomic E-state index is 12.8. The highest BCUT2D eigenvalue weighted by Gasteiger charge is 2.30. The molecule has 0 saturated carbocycles. The summed E-state index contributed by atoms with van der Waals surface area (Å²) in [5.74, 6) is -0.713. The second kappa shape index (κ2) is 14.5. The molecular weight excluding hydrogens is 454 g/mol. The van der Waals surface area contributed by atoms with Gasteiger partial charge in [0.05, 0.1) is 12.7 Å². The number of amides is 1. The summed E-state index contributed by atoms with van der Waals surface area (Å²) in [6, 6.07) is 13.4. The van der Waals surface area contributed by atoms with E-state index >= 15 is 0 Å². The molecule has 0 saturated heterocycles. The quantitative estimate of drug-likeness (QED) is 0.265. The lowest BCUT2D eigenvalue weighted by Crippen LogP contribution is -2.29. The number of allylic oxidation sites excluding steroid dienone is 1. The maximum Gasteiger partial charge on any atom is 0.412 e. The molecule has 0 aromatic heterocycles. The van der Waals surface area contributed by atoms with Crippen molar-refractivity contribution in [2.75, 3.05) is 25.1 Å². The van der Waals surface area contributed by atoms with Crippen LogP contribution in [0.3, 0.4) is 0 Å². The second-order valence-electron chi connectivity index (χ2n) is 7.51. The van der Waals surface area contributed by atoms with Crippen molar-refractivity contribution in [2.24, 2.45) is 0 Å². The van der Waals surface area contributed by atoms with Crippen LogP contribution in [0.4, 0.5) is 10.5 Å². The fraction of sp³-hybridized carbons (Fsp3) is 0.346. The molecule has 0 spiro atoms. The number of carboxylic acid groups (broad SMARTS) is 1. The van der Waals surface area contributed by atoms with Gasteiger partial charge >= 0.3 is 12.1 Å². The number of benzene rings is 2. The van der Waals surface area contributed by atoms with Gasteiger partial charge in [0.2, 0.25) is 0 Å². The molecule has 2 aromatic rings. The molecule has 9 nitrogen and oxygen atoms in total. The molecule has 2 rings (SSSR count). The SMILES string of the molecule is CCO[C@@H](CC/C=C/C(=O)O)[C@@H](OC(=O)Nc1ccc(C(C)=O)cc1)c1ccccc1OCCO. The summed E-state index contributed by atoms with van der Waals surface area (Å²) in [5, 5.41) is 20.7. The van der Waals surface area contributed by atoms with E-state index in [1.807, 2.05) is 6.92 Å². The molecule has 0 aliphatic rings. The van der Waals surface area contributed by atoms with Crippen LogP contribution in [0.15, 0.2) is 60.7 Å². The van der Waals surface area contributed by atoms with Crippen LogP contribution in [-0.4, -0.2) is 54.0 Å². The van der Waals surface area contributed by atoms with Crippen molar-refractivity contribution in [3.63, 3.8) is 0 Å². The topological polar surface area (TPSA) is 131 Å². The Hall–Kier alpha value is -3.69. The van der Waals surface area contributed by atoms with E-state index in [-0.39, 0.29) is 19.0 Å². The smallest absolute Gasteiger partial charge is 0.412 e. The first kappa shape index (κ1) is 27.6. The van der Waals surface area contributed by atoms with E-state index in [4.69, 9.17) is 19.3 Å². The van der Waals surface area contributed by atoms with Crippen LogP contribution in [0.2, 0.25) is 0 Å². The molecule has 0 aliphatic heterocycles. The third-order valence-corrected chi connectivity index (χ3v) is 4.94. The van der Waals surface area contributed by atoms with Crippen LogP contribution in [0.5, 0.6) is 5.75 Å². The van der Waals surface area contributed by atoms with Crippen LogP contribution >= 0.6 is 0 Å². The second-order valence-corrected chi connectivity index (χ2v) is 7.51. The molecule has 0 unspecified atom stereocenters. The fourth-order valence-corrected chi connectivity index (χ4v) is 3.37. The number of carbonyl (C=O) groups is 3. The Labute approximate surface area is 204 Å². The van der Waals surface area contributed by atoms with Crippen LogP contribution in [0.1, 0.15) is 48.7 Å². The van der Waals surface area contributed by atoms with E-state index in [1.165, 1.54) is 13.0 Å². The number of aliphatic hydroxyl groups is 1. The lowest BCUT2D eigenvalue weighted by molar-refractivity contribution is -0.131. The van der Waals surface area contributed by atoms with Gasteiger partial charge in [-0.1, -0.05) is 24.3 Å². The summed E-state index contributed by atoms with van der Waals surface area (Å²) >= 11 is 0. The molecule has 3 N–H and O–H groups in total. The molecule has 188 valence electrons. The maximum atomic E-state index is 12.8. The lowest BCUT2D eigenvalue weighted by atomic mass is 9.99. The van der Waals surface area contributed by atoms with Crippen LogP contribution in [-0.2, 0) is 14.3 Å². The van der Waals surface area contributed by atoms with Gasteiger partial charge in [0.1, 0.15) is 12.4 Å². The molecule has 9 heteroatoms. The number of carboxylic acids is 1. The van der Waals surface area contributed by atoms with E-state index in [1.54, 1.807) is 48.5 Å². The van der Waals surface area contributed by atoms with E-state index in [0.29, 0.717) is 42.0 Å². The van der Waals surface area contributed by atoms with Gasteiger partial charge in [0.15, 0.2) is 11.9 Å². The van der Waals surface area contributed by atoms with Gasteiger partial charge in [-0.05, 0) is 57.0 Å². The van der Waals surface area contributed by atoms with Crippen molar-refractivity contribution < 1.29 is 38.8 Å². The Kier molecular flexibility index (Phi) is 11.5. The summed E-state index contributed by atoms with van der Waals surface area (Å²) in [5.41, 5.74) is 1.51. The average molecular weight is 486 g/mol. The number of nitrogens with one attached hydrogen (secondary N) is 1. The van der Waals surface area contributed by atoms with Gasteiger partial charge in [0, 0.05) is 29.5 Å². The third kappa shape index (κ3) is 9.23. The molecule has 1 amide bonds. The number of ether oxygens (including phenoxy) is 3. The Morgan fingerprint density at radius 3 is 2.43 bits per heavy atom. The number of para-hydroxylation sites is 1. The Morgan fingerprint density at radius 1 is 1.09 bits per heavy atom. The molecule has 0 fully saturated rings. The number of anilines is 1. The van der Waals surface area contributed by atoms with Gasteiger partial charge in [0.25, 0.3) is 0 Å². The highest BCUT2D eigenvalue weighted by atomic mass is 16.6. The first-order chi connectivity index (χ1) is 16.8. The predicted molar refractivity (Wildman–Crippen MR) is 130 cm³/mol. The zero-order valence-corrected chi connectivity index (χ0v) is 19.8. The van der Waals surface area contributed by atoms with Gasteiger partial charge in [-0.15, -0.1) is 0 Å². The van der Waals surface area contributed by atoms with Crippen LogP contribution in [0, 0.1) is 0 Å². The minimum atomic E-state index is -1.05. The number of aliphatic carboxylic acids is 1. The Morgan fingerprint density at radius 2 is 1.80 bits per heavy atom. The normalized spacial score (nSPS) is 12.7. The minimum absolute atomic E-state index is 0.0546. The number of rotatable bonds is 14. The van der Waals surface area contributed by atoms with E-state index in [9.17, 15) is 19.5 Å². The number of hydrogen-bond acceptors (Lipinski definition) is 7. The van der Waals surface area contributed by atoms with E-state index in [2.05, 4.69) is 5.32 Å². The molecule has 0 radical (unpaired) electrons. The molecular formula is C26H31NO8. The zero-order valence-electron chi connectivity index (χ0n) is 19.8. The number of ketones is 1. The summed E-state index contributed by atoms with van der Waals surface area (Å²) in [7, 11) is 0. The molecule has 0 aliphatic carbocycles. The number of aliphatic hydroxyl groups excluding tert-OH is 1. The molecule has 2 atom stereocenters. The zero-order chi connectivity index (χ0) is 25.6. The average Bonchev–Trinajstić information content (AvgIpc) is 2.83. The number of hydrogen-bond donors (Lipinski definition) is 3. The predicted octanol–water partition coefficient (Wildman–Crippen LogP) is 4.38. The fourth-order valence-electron chi connectivity index (χ4n) is 3.37. The monoisotopic (exact) mass is 485 g/mol. The van der Waals surface area contributed by atoms with Crippen molar-refractivity contribution >= 4 is 23.5 Å². The van der Waals surface area contributed by atoms with Gasteiger partial charge in [-0.2, -0.15) is 0 Å². The van der Waals surface area contributed by atoms with Crippen molar-refractivity contribution in [2.45, 2.75) is 38.9 Å². The largest absolute Gasteiger partial charge is 0.491 e. The van der Waals surface area contributed by atoms with Gasteiger partial charge < -0.3 is 24.4 Å². The van der Waals surface area contributed by atoms with Crippen molar-refractivity contribution in [1.82, 2.24) is 0 Å². The summed E-state index contributed by atoms with van der Waals surface area (Å²) in [6.07, 6.45) is 1.07. The van der Waals surface area contributed by atoms with Crippen molar-refractivity contribution in [3.05, 3.63) is 71.8 Å². The standard InChI is InChI=1S/C26H31NO8/c1-3-33-23(10-6-7-11-24(30)31)25(21-8-4-5-9-22(21)34-17-16-28)35-26(32)27-20-14-12-19(13-15-20)18(2)29/h4-5,7-9,11-15,23,25,28H,3,6,10,16-17H2,1-2H3,(H,27,32)(H,30,31)/b11-7+/t23-,25-/m0/s1. The third-order valence-electron chi connectivity index (χ3n) is 4.94. The summed E-state index contributed by atoms with van der Waals surface area (Å²) in [4.78, 5) is 35.1. The van der Waals surface area contributed by atoms with Crippen molar-refractivity contribution in [1.29, 1.82) is 0 Å².